The fourth-order valence-corrected chi connectivity index (χ4v) is 4.23. The zero-order chi connectivity index (χ0) is 23.4. The van der Waals surface area contributed by atoms with Crippen LogP contribution in [0, 0.1) is 10.1 Å². The minimum absolute atomic E-state index is 0.103. The van der Waals surface area contributed by atoms with Gasteiger partial charge in [-0.15, -0.1) is 0 Å². The monoisotopic (exact) mass is 454 g/mol. The first-order valence-electron chi connectivity index (χ1n) is 10.3. The predicted molar refractivity (Wildman–Crippen MR) is 115 cm³/mol. The van der Waals surface area contributed by atoms with Gasteiger partial charge >= 0.3 is 0 Å². The smallest absolute Gasteiger partial charge is 0.276 e. The number of imide groups is 1. The van der Waals surface area contributed by atoms with E-state index in [0.29, 0.717) is 28.1 Å². The van der Waals surface area contributed by atoms with Crippen LogP contribution in [0.2, 0.25) is 0 Å². The molecule has 11 nitrogen and oxygen atoms in total. The summed E-state index contributed by atoms with van der Waals surface area (Å²) in [4.78, 5) is 45.5. The lowest BCUT2D eigenvalue weighted by Gasteiger charge is -2.16. The van der Waals surface area contributed by atoms with Gasteiger partial charge in [0.2, 0.25) is 11.7 Å². The quantitative estimate of drug-likeness (QED) is 0.192. The molecule has 166 valence electrons. The number of benzene rings is 2. The van der Waals surface area contributed by atoms with Crippen LogP contribution in [0.1, 0.15) is 44.3 Å². The number of nitro benzene ring substituents is 1. The van der Waals surface area contributed by atoms with Crippen LogP contribution in [0.15, 0.2) is 77.6 Å². The molecule has 11 heteroatoms. The minimum Gasteiger partial charge on any atom is -0.337 e. The lowest BCUT2D eigenvalue weighted by Crippen LogP contribution is -2.35. The molecule has 4 heterocycles. The molecule has 2 aromatic heterocycles. The molecule has 0 aliphatic carbocycles. The van der Waals surface area contributed by atoms with E-state index in [4.69, 9.17) is 4.52 Å². The Morgan fingerprint density at radius 1 is 0.912 bits per heavy atom. The number of hydrazine groups is 1. The molecule has 4 aromatic rings. The third-order valence-corrected chi connectivity index (χ3v) is 5.84. The highest BCUT2D eigenvalue weighted by molar-refractivity contribution is 6.21. The zero-order valence-corrected chi connectivity index (χ0v) is 17.3. The van der Waals surface area contributed by atoms with Crippen molar-refractivity contribution in [2.45, 2.75) is 12.1 Å². The van der Waals surface area contributed by atoms with E-state index in [-0.39, 0.29) is 11.6 Å². The van der Waals surface area contributed by atoms with Crippen molar-refractivity contribution >= 4 is 17.5 Å². The SMILES string of the molecule is O=C1c2ccccc2C(=O)N1N1C(c2cccc([N+](=O)[O-])c2)C1c1nc(-c2ccncc2)no1. The molecule has 1 saturated heterocycles. The minimum atomic E-state index is -0.660. The summed E-state index contributed by atoms with van der Waals surface area (Å²) in [5, 5.41) is 17.9. The van der Waals surface area contributed by atoms with Crippen molar-refractivity contribution in [2.75, 3.05) is 0 Å². The van der Waals surface area contributed by atoms with E-state index in [1.807, 2.05) is 0 Å². The molecule has 0 N–H and O–H groups in total. The van der Waals surface area contributed by atoms with Gasteiger partial charge in [-0.2, -0.15) is 9.99 Å². The van der Waals surface area contributed by atoms with Gasteiger partial charge in [-0.3, -0.25) is 24.7 Å². The Morgan fingerprint density at radius 3 is 2.29 bits per heavy atom. The molecule has 0 radical (unpaired) electrons. The third-order valence-electron chi connectivity index (χ3n) is 5.84. The number of nitro groups is 1. The summed E-state index contributed by atoms with van der Waals surface area (Å²) >= 11 is 0. The van der Waals surface area contributed by atoms with Crippen LogP contribution in [0.25, 0.3) is 11.4 Å². The van der Waals surface area contributed by atoms with Crippen LogP contribution in [-0.2, 0) is 0 Å². The Morgan fingerprint density at radius 2 is 1.62 bits per heavy atom. The molecule has 0 spiro atoms. The van der Waals surface area contributed by atoms with Crippen molar-refractivity contribution in [2.24, 2.45) is 0 Å². The van der Waals surface area contributed by atoms with Crippen molar-refractivity contribution in [1.29, 1.82) is 0 Å². The lowest BCUT2D eigenvalue weighted by atomic mass is 10.1. The molecule has 2 amide bonds. The van der Waals surface area contributed by atoms with Crippen molar-refractivity contribution in [3.05, 3.63) is 106 Å². The number of hydrogen-bond acceptors (Lipinski definition) is 9. The lowest BCUT2D eigenvalue weighted by molar-refractivity contribution is -0.384. The second-order valence-corrected chi connectivity index (χ2v) is 7.78. The highest BCUT2D eigenvalue weighted by Crippen LogP contribution is 2.56. The van der Waals surface area contributed by atoms with E-state index < -0.39 is 28.8 Å². The molecule has 2 aromatic carbocycles. The van der Waals surface area contributed by atoms with Crippen LogP contribution >= 0.6 is 0 Å². The van der Waals surface area contributed by atoms with Crippen LogP contribution in [-0.4, -0.2) is 41.9 Å². The first kappa shape index (κ1) is 19.9. The van der Waals surface area contributed by atoms with Crippen molar-refractivity contribution < 1.29 is 19.0 Å². The van der Waals surface area contributed by atoms with Crippen LogP contribution in [0.4, 0.5) is 5.69 Å². The summed E-state index contributed by atoms with van der Waals surface area (Å²) in [6, 6.07) is 14.8. The third kappa shape index (κ3) is 2.98. The molecular weight excluding hydrogens is 440 g/mol. The summed E-state index contributed by atoms with van der Waals surface area (Å²) in [6.45, 7) is 0. The second-order valence-electron chi connectivity index (χ2n) is 7.78. The van der Waals surface area contributed by atoms with E-state index in [9.17, 15) is 19.7 Å². The normalized spacial score (nSPS) is 20.9. The number of carbonyl (C=O) groups is 2. The van der Waals surface area contributed by atoms with Gasteiger partial charge < -0.3 is 4.52 Å². The Bertz CT molecular complexity index is 1430. The summed E-state index contributed by atoms with van der Waals surface area (Å²) in [5.74, 6) is -0.455. The van der Waals surface area contributed by atoms with Crippen LogP contribution in [0.5, 0.6) is 0 Å². The van der Waals surface area contributed by atoms with Gasteiger partial charge in [0.25, 0.3) is 17.5 Å². The number of pyridine rings is 1. The van der Waals surface area contributed by atoms with E-state index >= 15 is 0 Å². The topological polar surface area (TPSA) is 135 Å². The molecule has 2 aliphatic rings. The number of fused-ring (bicyclic) bond motifs is 1. The molecule has 0 saturated carbocycles. The number of aromatic nitrogens is 3. The summed E-state index contributed by atoms with van der Waals surface area (Å²) < 4.78 is 5.50. The van der Waals surface area contributed by atoms with Gasteiger partial charge in [-0.1, -0.05) is 29.4 Å². The zero-order valence-electron chi connectivity index (χ0n) is 17.3. The average molecular weight is 454 g/mol. The largest absolute Gasteiger partial charge is 0.337 e. The first-order chi connectivity index (χ1) is 16.5. The number of nitrogens with zero attached hydrogens (tertiary/aromatic N) is 6. The second kappa shape index (κ2) is 7.39. The Kier molecular flexibility index (Phi) is 4.32. The Labute approximate surface area is 191 Å². The van der Waals surface area contributed by atoms with Gasteiger partial charge in [-0.05, 0) is 29.8 Å². The van der Waals surface area contributed by atoms with Crippen molar-refractivity contribution in [3.63, 3.8) is 0 Å². The highest BCUT2D eigenvalue weighted by Gasteiger charge is 2.61. The molecule has 3 atom stereocenters. The number of amides is 2. The predicted octanol–water partition coefficient (Wildman–Crippen LogP) is 3.35. The molecule has 6 rings (SSSR count). The maximum absolute atomic E-state index is 13.1. The van der Waals surface area contributed by atoms with Crippen LogP contribution < -0.4 is 0 Å². The summed E-state index contributed by atoms with van der Waals surface area (Å²) in [6.07, 6.45) is 3.19. The average Bonchev–Trinajstić information content (AvgIpc) is 3.27. The van der Waals surface area contributed by atoms with Gasteiger partial charge in [0.05, 0.1) is 22.1 Å². The fraction of sp³-hybridized carbons (Fsp3) is 0.0870. The molecule has 2 aliphatic heterocycles. The first-order valence-corrected chi connectivity index (χ1v) is 10.3. The Balaban J connectivity index is 1.41. The maximum atomic E-state index is 13.1. The van der Waals surface area contributed by atoms with Crippen molar-refractivity contribution in [1.82, 2.24) is 25.1 Å². The van der Waals surface area contributed by atoms with Gasteiger partial charge in [-0.25, -0.2) is 5.01 Å². The fourth-order valence-electron chi connectivity index (χ4n) is 4.23. The van der Waals surface area contributed by atoms with Crippen LogP contribution in [0.3, 0.4) is 0 Å². The molecule has 34 heavy (non-hydrogen) atoms. The summed E-state index contributed by atoms with van der Waals surface area (Å²) in [5.41, 5.74) is 1.70. The Hall–Kier alpha value is -4.77. The number of hydrogen-bond donors (Lipinski definition) is 0. The molecular formula is C23H14N6O5. The van der Waals surface area contributed by atoms with Gasteiger partial charge in [0, 0.05) is 30.1 Å². The molecule has 3 unspecified atom stereocenters. The van der Waals surface area contributed by atoms with E-state index in [1.165, 1.54) is 17.1 Å². The molecule has 1 fully saturated rings. The highest BCUT2D eigenvalue weighted by atomic mass is 16.6. The number of carbonyl (C=O) groups excluding carboxylic acids is 2. The van der Waals surface area contributed by atoms with Crippen molar-refractivity contribution in [3.8, 4) is 11.4 Å². The summed E-state index contributed by atoms with van der Waals surface area (Å²) in [7, 11) is 0. The maximum Gasteiger partial charge on any atom is 0.276 e. The van der Waals surface area contributed by atoms with E-state index in [2.05, 4.69) is 15.1 Å². The van der Waals surface area contributed by atoms with Gasteiger partial charge in [0.1, 0.15) is 6.04 Å². The standard InChI is InChI=1S/C23H14N6O5/c30-22-16-6-1-2-7-17(16)23(31)28(22)27-18(14-4-3-5-15(12-14)29(32)33)19(27)21-25-20(26-34-21)13-8-10-24-11-9-13/h1-12,18-19H. The van der Waals surface area contributed by atoms with E-state index in [1.54, 1.807) is 60.9 Å². The van der Waals surface area contributed by atoms with Gasteiger partial charge in [0.15, 0.2) is 0 Å². The number of non-ortho nitro benzene ring substituents is 1. The molecule has 0 bridgehead atoms. The number of rotatable bonds is 5. The van der Waals surface area contributed by atoms with E-state index in [0.717, 1.165) is 5.01 Å².